The molecular formula is C19H31N5O3. The van der Waals surface area contributed by atoms with Gasteiger partial charge in [-0.3, -0.25) is 19.6 Å². The Morgan fingerprint density at radius 2 is 1.78 bits per heavy atom. The van der Waals surface area contributed by atoms with Gasteiger partial charge >= 0.3 is 0 Å². The summed E-state index contributed by atoms with van der Waals surface area (Å²) in [5.41, 5.74) is 1.06. The molecule has 2 aliphatic heterocycles. The normalized spacial score (nSPS) is 32.6. The highest BCUT2D eigenvalue weighted by atomic mass is 16.3. The van der Waals surface area contributed by atoms with Crippen molar-refractivity contribution in [2.24, 2.45) is 11.8 Å². The van der Waals surface area contributed by atoms with E-state index in [9.17, 15) is 14.7 Å². The molecule has 3 aliphatic rings. The molecule has 8 nitrogen and oxygen atoms in total. The molecule has 4 atom stereocenters. The van der Waals surface area contributed by atoms with E-state index in [1.54, 1.807) is 6.92 Å². The van der Waals surface area contributed by atoms with Gasteiger partial charge in [0.2, 0.25) is 5.91 Å². The number of likely N-dealkylation sites (N-methyl/N-ethyl adjacent to an activating group) is 1. The van der Waals surface area contributed by atoms with Gasteiger partial charge in [-0.15, -0.1) is 0 Å². The van der Waals surface area contributed by atoms with Gasteiger partial charge in [0.15, 0.2) is 0 Å². The number of piperazine rings is 1. The number of hydrogen-bond acceptors (Lipinski definition) is 5. The number of fused-ring (bicyclic) bond motifs is 1. The standard InChI is InChI=1S/C19H31N5O3/c1-12-15(19(27)21-20-12)9-18(26)24-10-13-7-16(17(25)8-14(13)11-24)23-5-3-22(2)4-6-23/h13-14,16-17,25H,3-11H2,1-2H3,(H2,20,21,27)/t13-,14+,16-,17-/m1/s1. The predicted molar refractivity (Wildman–Crippen MR) is 102 cm³/mol. The first-order valence-corrected chi connectivity index (χ1v) is 10.1. The molecule has 0 bridgehead atoms. The van der Waals surface area contributed by atoms with Gasteiger partial charge in [0, 0.05) is 56.6 Å². The third-order valence-corrected chi connectivity index (χ3v) is 6.89. The summed E-state index contributed by atoms with van der Waals surface area (Å²) in [7, 11) is 2.14. The zero-order chi connectivity index (χ0) is 19.1. The minimum atomic E-state index is -0.306. The lowest BCUT2D eigenvalue weighted by Crippen LogP contribution is -2.55. The Labute approximate surface area is 159 Å². The molecule has 1 aliphatic carbocycles. The second-order valence-electron chi connectivity index (χ2n) is 8.62. The molecule has 1 aromatic heterocycles. The number of hydrogen-bond donors (Lipinski definition) is 3. The Morgan fingerprint density at radius 3 is 2.41 bits per heavy atom. The maximum atomic E-state index is 12.7. The number of aryl methyl sites for hydroxylation is 1. The highest BCUT2D eigenvalue weighted by molar-refractivity contribution is 5.79. The van der Waals surface area contributed by atoms with E-state index in [2.05, 4.69) is 27.0 Å². The van der Waals surface area contributed by atoms with E-state index in [0.717, 1.165) is 51.3 Å². The van der Waals surface area contributed by atoms with Crippen LogP contribution >= 0.6 is 0 Å². The summed E-state index contributed by atoms with van der Waals surface area (Å²) in [5, 5.41) is 16.1. The molecule has 4 rings (SSSR count). The van der Waals surface area contributed by atoms with Crippen molar-refractivity contribution < 1.29 is 9.90 Å². The lowest BCUT2D eigenvalue weighted by molar-refractivity contribution is -0.129. The number of aliphatic hydroxyl groups excluding tert-OH is 1. The highest BCUT2D eigenvalue weighted by Gasteiger charge is 2.44. The number of nitrogens with one attached hydrogen (secondary N) is 2. The molecule has 1 saturated carbocycles. The molecule has 3 fully saturated rings. The lowest BCUT2D eigenvalue weighted by atomic mass is 9.77. The van der Waals surface area contributed by atoms with Gasteiger partial charge in [-0.1, -0.05) is 0 Å². The van der Waals surface area contributed by atoms with E-state index < -0.39 is 0 Å². The molecule has 3 N–H and O–H groups in total. The monoisotopic (exact) mass is 377 g/mol. The van der Waals surface area contributed by atoms with Gasteiger partial charge < -0.3 is 20.0 Å². The lowest BCUT2D eigenvalue weighted by Gasteiger charge is -2.44. The van der Waals surface area contributed by atoms with Crippen molar-refractivity contribution in [3.05, 3.63) is 21.6 Å². The minimum absolute atomic E-state index is 0.0169. The van der Waals surface area contributed by atoms with Crippen molar-refractivity contribution in [3.63, 3.8) is 0 Å². The molecule has 0 spiro atoms. The molecule has 0 radical (unpaired) electrons. The summed E-state index contributed by atoms with van der Waals surface area (Å²) in [6.07, 6.45) is 1.58. The number of likely N-dealkylation sites (tertiary alicyclic amines) is 1. The summed E-state index contributed by atoms with van der Waals surface area (Å²) >= 11 is 0. The van der Waals surface area contributed by atoms with Crippen molar-refractivity contribution in [1.82, 2.24) is 24.9 Å². The van der Waals surface area contributed by atoms with E-state index in [0.29, 0.717) is 23.9 Å². The number of H-pyrrole nitrogens is 2. The second-order valence-corrected chi connectivity index (χ2v) is 8.62. The Morgan fingerprint density at radius 1 is 1.11 bits per heavy atom. The second kappa shape index (κ2) is 7.41. The quantitative estimate of drug-likeness (QED) is 0.654. The van der Waals surface area contributed by atoms with Crippen molar-refractivity contribution in [2.75, 3.05) is 46.3 Å². The van der Waals surface area contributed by atoms with Crippen LogP contribution in [0.15, 0.2) is 4.79 Å². The van der Waals surface area contributed by atoms with Crippen LogP contribution in [0.5, 0.6) is 0 Å². The molecule has 3 heterocycles. The fourth-order valence-electron chi connectivity index (χ4n) is 5.10. The van der Waals surface area contributed by atoms with Gasteiger partial charge in [-0.05, 0) is 38.6 Å². The number of rotatable bonds is 3. The van der Waals surface area contributed by atoms with Crippen LogP contribution in [0.2, 0.25) is 0 Å². The van der Waals surface area contributed by atoms with E-state index in [1.165, 1.54) is 0 Å². The fraction of sp³-hybridized carbons (Fsp3) is 0.789. The van der Waals surface area contributed by atoms with Crippen molar-refractivity contribution in [1.29, 1.82) is 0 Å². The van der Waals surface area contributed by atoms with Crippen LogP contribution in [-0.4, -0.2) is 94.4 Å². The first-order chi connectivity index (χ1) is 12.9. The molecule has 1 amide bonds. The largest absolute Gasteiger partial charge is 0.391 e. The summed E-state index contributed by atoms with van der Waals surface area (Å²) < 4.78 is 0. The first kappa shape index (κ1) is 18.7. The Hall–Kier alpha value is -1.64. The first-order valence-electron chi connectivity index (χ1n) is 10.1. The molecule has 0 aromatic carbocycles. The van der Waals surface area contributed by atoms with Crippen LogP contribution < -0.4 is 5.56 Å². The number of nitrogens with zero attached hydrogens (tertiary/aromatic N) is 3. The average molecular weight is 377 g/mol. The van der Waals surface area contributed by atoms with Crippen LogP contribution in [0.25, 0.3) is 0 Å². The van der Waals surface area contributed by atoms with Crippen LogP contribution in [0.4, 0.5) is 0 Å². The van der Waals surface area contributed by atoms with Gasteiger partial charge in [0.05, 0.1) is 12.5 Å². The van der Waals surface area contributed by atoms with E-state index in [1.807, 2.05) is 4.90 Å². The number of aromatic nitrogens is 2. The molecule has 2 saturated heterocycles. The number of aromatic amines is 2. The number of aliphatic hydroxyl groups is 1. The van der Waals surface area contributed by atoms with E-state index in [-0.39, 0.29) is 30.0 Å². The predicted octanol–water partition coefficient (Wildman–Crippen LogP) is -0.601. The maximum absolute atomic E-state index is 12.7. The molecule has 150 valence electrons. The summed E-state index contributed by atoms with van der Waals surface area (Å²) in [6, 6.07) is 0.213. The van der Waals surface area contributed by atoms with Gasteiger partial charge in [-0.25, -0.2) is 0 Å². The average Bonchev–Trinajstić information content (AvgIpc) is 3.19. The van der Waals surface area contributed by atoms with E-state index >= 15 is 0 Å². The van der Waals surface area contributed by atoms with Crippen LogP contribution in [0.1, 0.15) is 24.1 Å². The Balaban J connectivity index is 1.38. The number of amides is 1. The van der Waals surface area contributed by atoms with E-state index in [4.69, 9.17) is 0 Å². The molecule has 8 heteroatoms. The third kappa shape index (κ3) is 3.70. The maximum Gasteiger partial charge on any atom is 0.267 e. The van der Waals surface area contributed by atoms with Crippen LogP contribution in [0.3, 0.4) is 0 Å². The smallest absolute Gasteiger partial charge is 0.267 e. The molecule has 27 heavy (non-hydrogen) atoms. The zero-order valence-electron chi connectivity index (χ0n) is 16.3. The molecular weight excluding hydrogens is 346 g/mol. The zero-order valence-corrected chi connectivity index (χ0v) is 16.3. The molecule has 1 aromatic rings. The topological polar surface area (TPSA) is 95.7 Å². The van der Waals surface area contributed by atoms with Crippen molar-refractivity contribution >= 4 is 5.91 Å². The Bertz CT molecular complexity index is 736. The number of carbonyl (C=O) groups excluding carboxylic acids is 1. The minimum Gasteiger partial charge on any atom is -0.391 e. The van der Waals surface area contributed by atoms with Crippen LogP contribution in [-0.2, 0) is 11.2 Å². The fourth-order valence-corrected chi connectivity index (χ4v) is 5.10. The third-order valence-electron chi connectivity index (χ3n) is 6.89. The highest BCUT2D eigenvalue weighted by Crippen LogP contribution is 2.38. The van der Waals surface area contributed by atoms with Gasteiger partial charge in [0.1, 0.15) is 0 Å². The van der Waals surface area contributed by atoms with Crippen molar-refractivity contribution in [2.45, 2.75) is 38.3 Å². The van der Waals surface area contributed by atoms with Gasteiger partial charge in [-0.2, -0.15) is 0 Å². The SMILES string of the molecule is Cc1[nH][nH]c(=O)c1CC(=O)N1C[C@H]2C[C@@H](N3CCN(C)CC3)[C@H](O)C[C@H]2C1. The van der Waals surface area contributed by atoms with Crippen molar-refractivity contribution in [3.8, 4) is 0 Å². The summed E-state index contributed by atoms with van der Waals surface area (Å²) in [4.78, 5) is 31.2. The molecule has 0 unspecified atom stereocenters. The Kier molecular flexibility index (Phi) is 5.13. The summed E-state index contributed by atoms with van der Waals surface area (Å²) in [6.45, 7) is 7.38. The van der Waals surface area contributed by atoms with Gasteiger partial charge in [0.25, 0.3) is 5.56 Å². The number of carbonyl (C=O) groups is 1. The van der Waals surface area contributed by atoms with Crippen LogP contribution in [0, 0.1) is 18.8 Å². The summed E-state index contributed by atoms with van der Waals surface area (Å²) in [5.74, 6) is 0.842.